The number of aryl methyl sites for hydroxylation is 4. The van der Waals surface area contributed by atoms with Crippen LogP contribution >= 0.6 is 0 Å². The van der Waals surface area contributed by atoms with Gasteiger partial charge >= 0.3 is 0 Å². The average molecular weight is 328 g/mol. The molecule has 0 radical (unpaired) electrons. The second-order valence-corrected chi connectivity index (χ2v) is 5.69. The van der Waals surface area contributed by atoms with Gasteiger partial charge < -0.3 is 14.3 Å². The van der Waals surface area contributed by atoms with Gasteiger partial charge in [-0.2, -0.15) is 5.10 Å². The molecule has 7 heteroatoms. The minimum absolute atomic E-state index is 0.262. The molecule has 0 saturated heterocycles. The van der Waals surface area contributed by atoms with Crippen molar-refractivity contribution in [2.75, 3.05) is 5.32 Å². The largest absolute Gasteiger partial charge is 0.456 e. The number of nitrogens with zero attached hydrogens (tertiary/aromatic N) is 3. The normalized spacial score (nSPS) is 11.0. The maximum Gasteiger partial charge on any atom is 0.292 e. The van der Waals surface area contributed by atoms with E-state index in [1.807, 2.05) is 33.8 Å². The number of hydrogen-bond acceptors (Lipinski definition) is 5. The van der Waals surface area contributed by atoms with E-state index in [9.17, 15) is 4.79 Å². The number of anilines is 1. The molecule has 0 aliphatic heterocycles. The summed E-state index contributed by atoms with van der Waals surface area (Å²) in [6.07, 6.45) is 0.542. The number of carbonyl (C=O) groups excluding carboxylic acids is 1. The van der Waals surface area contributed by atoms with Crippen molar-refractivity contribution in [2.45, 2.75) is 40.7 Å². The SMILES string of the molecule is CCn1nc(C)cc1NC(=O)c1ccc(Cc2c(C)noc2C)o1. The van der Waals surface area contributed by atoms with Crippen LogP contribution in [0.3, 0.4) is 0 Å². The maximum atomic E-state index is 12.4. The molecule has 0 aliphatic carbocycles. The van der Waals surface area contributed by atoms with E-state index >= 15 is 0 Å². The van der Waals surface area contributed by atoms with Crippen LogP contribution in [-0.4, -0.2) is 20.8 Å². The molecular formula is C17H20N4O3. The molecule has 0 saturated carbocycles. The van der Waals surface area contributed by atoms with Crippen molar-refractivity contribution in [1.29, 1.82) is 0 Å². The summed E-state index contributed by atoms with van der Waals surface area (Å²) < 4.78 is 12.6. The highest BCUT2D eigenvalue weighted by Gasteiger charge is 2.16. The predicted octanol–water partition coefficient (Wildman–Crippen LogP) is 3.25. The van der Waals surface area contributed by atoms with Gasteiger partial charge in [-0.15, -0.1) is 0 Å². The highest BCUT2D eigenvalue weighted by atomic mass is 16.5. The van der Waals surface area contributed by atoms with Crippen molar-refractivity contribution >= 4 is 11.7 Å². The van der Waals surface area contributed by atoms with Crippen molar-refractivity contribution in [3.8, 4) is 0 Å². The summed E-state index contributed by atoms with van der Waals surface area (Å²) in [5.74, 6) is 2.07. The summed E-state index contributed by atoms with van der Waals surface area (Å²) in [4.78, 5) is 12.4. The van der Waals surface area contributed by atoms with E-state index < -0.39 is 0 Å². The Morgan fingerprint density at radius 3 is 2.75 bits per heavy atom. The highest BCUT2D eigenvalue weighted by molar-refractivity contribution is 6.01. The summed E-state index contributed by atoms with van der Waals surface area (Å²) in [5, 5.41) is 11.1. The summed E-state index contributed by atoms with van der Waals surface area (Å²) in [5.41, 5.74) is 2.67. The molecule has 0 atom stereocenters. The third kappa shape index (κ3) is 3.10. The van der Waals surface area contributed by atoms with E-state index in [0.717, 1.165) is 22.7 Å². The van der Waals surface area contributed by atoms with Crippen LogP contribution in [-0.2, 0) is 13.0 Å². The van der Waals surface area contributed by atoms with E-state index in [-0.39, 0.29) is 11.7 Å². The molecule has 1 amide bonds. The Morgan fingerprint density at radius 1 is 1.29 bits per heavy atom. The van der Waals surface area contributed by atoms with Gasteiger partial charge in [0.05, 0.1) is 11.4 Å². The van der Waals surface area contributed by atoms with Gasteiger partial charge in [0.25, 0.3) is 5.91 Å². The molecule has 0 aromatic carbocycles. The molecule has 1 N–H and O–H groups in total. The number of nitrogens with one attached hydrogen (secondary N) is 1. The Hall–Kier alpha value is -2.83. The minimum Gasteiger partial charge on any atom is -0.456 e. The topological polar surface area (TPSA) is 86.1 Å². The van der Waals surface area contributed by atoms with E-state index in [0.29, 0.717) is 24.5 Å². The first kappa shape index (κ1) is 16.0. The zero-order valence-electron chi connectivity index (χ0n) is 14.2. The zero-order chi connectivity index (χ0) is 17.3. The van der Waals surface area contributed by atoms with Crippen LogP contribution in [0, 0.1) is 20.8 Å². The van der Waals surface area contributed by atoms with Gasteiger partial charge in [-0.3, -0.25) is 4.79 Å². The molecule has 3 aromatic rings. The van der Waals surface area contributed by atoms with Gasteiger partial charge in [0, 0.05) is 24.6 Å². The van der Waals surface area contributed by atoms with Crippen molar-refractivity contribution in [3.63, 3.8) is 0 Å². The molecule has 3 aromatic heterocycles. The minimum atomic E-state index is -0.297. The van der Waals surface area contributed by atoms with E-state index in [1.54, 1.807) is 16.8 Å². The molecule has 3 heterocycles. The van der Waals surface area contributed by atoms with Crippen LogP contribution in [0.15, 0.2) is 27.1 Å². The fourth-order valence-electron chi connectivity index (χ4n) is 2.59. The Balaban J connectivity index is 1.74. The molecular weight excluding hydrogens is 308 g/mol. The zero-order valence-corrected chi connectivity index (χ0v) is 14.2. The van der Waals surface area contributed by atoms with Crippen molar-refractivity contribution in [3.05, 3.63) is 52.4 Å². The van der Waals surface area contributed by atoms with Crippen LogP contribution < -0.4 is 5.32 Å². The summed E-state index contributed by atoms with van der Waals surface area (Å²) in [6, 6.07) is 5.29. The molecule has 0 aliphatic rings. The lowest BCUT2D eigenvalue weighted by Gasteiger charge is -2.05. The number of amides is 1. The lowest BCUT2D eigenvalue weighted by Crippen LogP contribution is -2.14. The van der Waals surface area contributed by atoms with Crippen LogP contribution in [0.2, 0.25) is 0 Å². The van der Waals surface area contributed by atoms with Crippen molar-refractivity contribution in [2.24, 2.45) is 0 Å². The first-order chi connectivity index (χ1) is 11.5. The quantitative estimate of drug-likeness (QED) is 0.777. The van der Waals surface area contributed by atoms with Crippen LogP contribution in [0.25, 0.3) is 0 Å². The molecule has 24 heavy (non-hydrogen) atoms. The lowest BCUT2D eigenvalue weighted by atomic mass is 10.1. The lowest BCUT2D eigenvalue weighted by molar-refractivity contribution is 0.0994. The van der Waals surface area contributed by atoms with Crippen molar-refractivity contribution < 1.29 is 13.7 Å². The monoisotopic (exact) mass is 328 g/mol. The summed E-state index contributed by atoms with van der Waals surface area (Å²) in [7, 11) is 0. The number of furan rings is 1. The van der Waals surface area contributed by atoms with Gasteiger partial charge in [-0.1, -0.05) is 5.16 Å². The molecule has 126 valence electrons. The molecule has 0 fully saturated rings. The van der Waals surface area contributed by atoms with Gasteiger partial charge in [0.2, 0.25) is 0 Å². The Labute approximate surface area is 139 Å². The van der Waals surface area contributed by atoms with E-state index in [4.69, 9.17) is 8.94 Å². The standard InChI is InChI=1S/C17H20N4O3/c1-5-21-16(8-10(2)19-21)18-17(22)15-7-6-13(23-15)9-14-11(3)20-24-12(14)4/h6-8H,5,9H2,1-4H3,(H,18,22). The smallest absolute Gasteiger partial charge is 0.292 e. The number of rotatable bonds is 5. The first-order valence-electron chi connectivity index (χ1n) is 7.84. The average Bonchev–Trinajstić information content (AvgIpc) is 3.23. The Morgan fingerprint density at radius 2 is 2.08 bits per heavy atom. The second-order valence-electron chi connectivity index (χ2n) is 5.69. The van der Waals surface area contributed by atoms with Gasteiger partial charge in [-0.05, 0) is 39.8 Å². The van der Waals surface area contributed by atoms with Crippen LogP contribution in [0.1, 0.15) is 46.0 Å². The van der Waals surface area contributed by atoms with E-state index in [1.165, 1.54) is 0 Å². The van der Waals surface area contributed by atoms with Crippen molar-refractivity contribution in [1.82, 2.24) is 14.9 Å². The summed E-state index contributed by atoms with van der Waals surface area (Å²) in [6.45, 7) is 8.28. The summed E-state index contributed by atoms with van der Waals surface area (Å²) >= 11 is 0. The Bertz CT molecular complexity index is 853. The van der Waals surface area contributed by atoms with Crippen LogP contribution in [0.4, 0.5) is 5.82 Å². The van der Waals surface area contributed by atoms with Crippen LogP contribution in [0.5, 0.6) is 0 Å². The highest BCUT2D eigenvalue weighted by Crippen LogP contribution is 2.20. The Kier molecular flexibility index (Phi) is 4.24. The fraction of sp³-hybridized carbons (Fsp3) is 0.353. The number of carbonyl (C=O) groups is 1. The maximum absolute atomic E-state index is 12.4. The van der Waals surface area contributed by atoms with Gasteiger partial charge in [0.1, 0.15) is 17.3 Å². The molecule has 0 bridgehead atoms. The van der Waals surface area contributed by atoms with Gasteiger partial charge in [0.15, 0.2) is 5.76 Å². The molecule has 3 rings (SSSR count). The number of aromatic nitrogens is 3. The van der Waals surface area contributed by atoms with Gasteiger partial charge in [-0.25, -0.2) is 4.68 Å². The fourth-order valence-corrected chi connectivity index (χ4v) is 2.59. The van der Waals surface area contributed by atoms with E-state index in [2.05, 4.69) is 15.6 Å². The predicted molar refractivity (Wildman–Crippen MR) is 88.1 cm³/mol. The molecule has 0 unspecified atom stereocenters. The second kappa shape index (κ2) is 6.35. The number of hydrogen-bond donors (Lipinski definition) is 1. The third-order valence-corrected chi connectivity index (χ3v) is 3.86. The molecule has 0 spiro atoms. The molecule has 7 nitrogen and oxygen atoms in total. The third-order valence-electron chi connectivity index (χ3n) is 3.86. The first-order valence-corrected chi connectivity index (χ1v) is 7.84.